The summed E-state index contributed by atoms with van der Waals surface area (Å²) in [6.07, 6.45) is 19.4. The van der Waals surface area contributed by atoms with Gasteiger partial charge in [0.2, 0.25) is 0 Å². The molecule has 0 aliphatic carbocycles. The fourth-order valence-corrected chi connectivity index (χ4v) is 3.37. The summed E-state index contributed by atoms with van der Waals surface area (Å²) >= 11 is 0. The quantitative estimate of drug-likeness (QED) is 0.351. The Bertz CT molecular complexity index is 251. The highest BCUT2D eigenvalue weighted by molar-refractivity contribution is 4.58. The average molecular weight is 343 g/mol. The first-order valence-electron chi connectivity index (χ1n) is 10.7. The molecule has 1 rings (SSSR count). The van der Waals surface area contributed by atoms with Crippen molar-refractivity contribution in [2.45, 2.75) is 122 Å². The second-order valence-corrected chi connectivity index (χ2v) is 7.43. The summed E-state index contributed by atoms with van der Waals surface area (Å²) in [5.74, 6) is 0. The number of hydrogen-bond acceptors (Lipinski definition) is 3. The third-order valence-electron chi connectivity index (χ3n) is 5.01. The Morgan fingerprint density at radius 3 is 2.12 bits per heavy atom. The van der Waals surface area contributed by atoms with Crippen LogP contribution in [0.1, 0.15) is 110 Å². The van der Waals surface area contributed by atoms with E-state index in [1.165, 1.54) is 70.6 Å². The van der Waals surface area contributed by atoms with E-state index in [-0.39, 0.29) is 12.4 Å². The summed E-state index contributed by atoms with van der Waals surface area (Å²) in [5.41, 5.74) is 0. The lowest BCUT2D eigenvalue weighted by molar-refractivity contribution is -0.162. The molecule has 1 N–H and O–H groups in total. The van der Waals surface area contributed by atoms with Gasteiger partial charge < -0.3 is 14.6 Å². The van der Waals surface area contributed by atoms with Crippen LogP contribution in [0, 0.1) is 0 Å². The molecule has 3 nitrogen and oxygen atoms in total. The minimum atomic E-state index is -0.0764. The third kappa shape index (κ3) is 13.2. The first-order chi connectivity index (χ1) is 11.8. The summed E-state index contributed by atoms with van der Waals surface area (Å²) < 4.78 is 11.3. The molecule has 0 saturated carbocycles. The summed E-state index contributed by atoms with van der Waals surface area (Å²) in [6, 6.07) is 0. The van der Waals surface area contributed by atoms with Gasteiger partial charge in [-0.15, -0.1) is 0 Å². The second kappa shape index (κ2) is 16.4. The number of aliphatic hydroxyl groups excluding tert-OH is 1. The standard InChI is InChI=1S/C21H42O3/c1-2-3-4-5-6-7-10-15-20(22)16-11-8-9-13-18-23-21-17-12-14-19-24-21/h20-22H,2-19H2,1H3. The molecular formula is C21H42O3. The molecule has 2 unspecified atom stereocenters. The Kier molecular flexibility index (Phi) is 14.9. The van der Waals surface area contributed by atoms with Gasteiger partial charge in [0.1, 0.15) is 0 Å². The fraction of sp³-hybridized carbons (Fsp3) is 1.00. The maximum absolute atomic E-state index is 10.0. The molecule has 24 heavy (non-hydrogen) atoms. The molecule has 0 bridgehead atoms. The average Bonchev–Trinajstić information content (AvgIpc) is 2.61. The molecule has 144 valence electrons. The van der Waals surface area contributed by atoms with Gasteiger partial charge in [0, 0.05) is 13.2 Å². The van der Waals surface area contributed by atoms with Crippen molar-refractivity contribution in [3.63, 3.8) is 0 Å². The lowest BCUT2D eigenvalue weighted by Crippen LogP contribution is -2.22. The van der Waals surface area contributed by atoms with Gasteiger partial charge in [0.05, 0.1) is 6.10 Å². The molecule has 0 aromatic carbocycles. The van der Waals surface area contributed by atoms with Crippen LogP contribution in [0.25, 0.3) is 0 Å². The lowest BCUT2D eigenvalue weighted by Gasteiger charge is -2.22. The third-order valence-corrected chi connectivity index (χ3v) is 5.01. The number of aliphatic hydroxyl groups is 1. The van der Waals surface area contributed by atoms with E-state index >= 15 is 0 Å². The molecule has 0 radical (unpaired) electrons. The van der Waals surface area contributed by atoms with Gasteiger partial charge in [-0.05, 0) is 38.5 Å². The fourth-order valence-electron chi connectivity index (χ4n) is 3.37. The molecular weight excluding hydrogens is 300 g/mol. The highest BCUT2D eigenvalue weighted by Gasteiger charge is 2.13. The molecule has 1 heterocycles. The maximum atomic E-state index is 10.0. The first kappa shape index (κ1) is 21.9. The molecule has 0 amide bonds. The van der Waals surface area contributed by atoms with Crippen molar-refractivity contribution in [3.05, 3.63) is 0 Å². The number of unbranched alkanes of at least 4 members (excludes halogenated alkanes) is 9. The van der Waals surface area contributed by atoms with Gasteiger partial charge in [-0.2, -0.15) is 0 Å². The van der Waals surface area contributed by atoms with E-state index < -0.39 is 0 Å². The summed E-state index contributed by atoms with van der Waals surface area (Å²) in [6.45, 7) is 3.95. The van der Waals surface area contributed by atoms with Crippen LogP contribution in [-0.4, -0.2) is 30.7 Å². The highest BCUT2D eigenvalue weighted by Crippen LogP contribution is 2.16. The summed E-state index contributed by atoms with van der Waals surface area (Å²) in [5, 5.41) is 10.0. The lowest BCUT2D eigenvalue weighted by atomic mass is 10.0. The van der Waals surface area contributed by atoms with Crippen molar-refractivity contribution < 1.29 is 14.6 Å². The van der Waals surface area contributed by atoms with Gasteiger partial charge >= 0.3 is 0 Å². The Hall–Kier alpha value is -0.120. The topological polar surface area (TPSA) is 38.7 Å². The number of ether oxygens (including phenoxy) is 2. The van der Waals surface area contributed by atoms with Crippen LogP contribution in [0.5, 0.6) is 0 Å². The second-order valence-electron chi connectivity index (χ2n) is 7.43. The van der Waals surface area contributed by atoms with Crippen molar-refractivity contribution in [2.24, 2.45) is 0 Å². The van der Waals surface area contributed by atoms with Gasteiger partial charge in [-0.3, -0.25) is 0 Å². The van der Waals surface area contributed by atoms with Crippen LogP contribution in [0.4, 0.5) is 0 Å². The molecule has 3 heteroatoms. The minimum absolute atomic E-state index is 0.0579. The van der Waals surface area contributed by atoms with Crippen LogP contribution in [0.3, 0.4) is 0 Å². The smallest absolute Gasteiger partial charge is 0.157 e. The highest BCUT2D eigenvalue weighted by atomic mass is 16.7. The Morgan fingerprint density at radius 2 is 1.50 bits per heavy atom. The van der Waals surface area contributed by atoms with E-state index in [0.29, 0.717) is 0 Å². The van der Waals surface area contributed by atoms with E-state index in [1.807, 2.05) is 0 Å². The first-order valence-corrected chi connectivity index (χ1v) is 10.7. The minimum Gasteiger partial charge on any atom is -0.393 e. The van der Waals surface area contributed by atoms with E-state index in [0.717, 1.165) is 45.3 Å². The van der Waals surface area contributed by atoms with Crippen LogP contribution in [0.2, 0.25) is 0 Å². The Labute approximate surface area is 150 Å². The molecule has 1 saturated heterocycles. The molecule has 0 aromatic heterocycles. The maximum Gasteiger partial charge on any atom is 0.157 e. The zero-order valence-corrected chi connectivity index (χ0v) is 16.1. The molecule has 2 atom stereocenters. The van der Waals surface area contributed by atoms with Gasteiger partial charge in [0.25, 0.3) is 0 Å². The van der Waals surface area contributed by atoms with Gasteiger partial charge in [-0.1, -0.05) is 71.1 Å². The van der Waals surface area contributed by atoms with E-state index in [2.05, 4.69) is 6.92 Å². The summed E-state index contributed by atoms with van der Waals surface area (Å²) in [7, 11) is 0. The van der Waals surface area contributed by atoms with Crippen molar-refractivity contribution in [1.82, 2.24) is 0 Å². The van der Waals surface area contributed by atoms with Crippen LogP contribution >= 0.6 is 0 Å². The van der Waals surface area contributed by atoms with Gasteiger partial charge in [0.15, 0.2) is 6.29 Å². The van der Waals surface area contributed by atoms with E-state index in [4.69, 9.17) is 9.47 Å². The zero-order chi connectivity index (χ0) is 17.3. The van der Waals surface area contributed by atoms with Gasteiger partial charge in [-0.25, -0.2) is 0 Å². The van der Waals surface area contributed by atoms with Crippen LogP contribution in [-0.2, 0) is 9.47 Å². The molecule has 1 fully saturated rings. The van der Waals surface area contributed by atoms with Crippen LogP contribution < -0.4 is 0 Å². The predicted octanol–water partition coefficient (Wildman–Crippen LogP) is 5.98. The molecule has 1 aliphatic rings. The normalized spacial score (nSPS) is 19.5. The van der Waals surface area contributed by atoms with Crippen molar-refractivity contribution in [3.8, 4) is 0 Å². The van der Waals surface area contributed by atoms with Crippen molar-refractivity contribution in [1.29, 1.82) is 0 Å². The predicted molar refractivity (Wildman–Crippen MR) is 101 cm³/mol. The molecule has 0 aromatic rings. The molecule has 1 aliphatic heterocycles. The van der Waals surface area contributed by atoms with E-state index in [9.17, 15) is 5.11 Å². The largest absolute Gasteiger partial charge is 0.393 e. The Balaban J connectivity index is 1.76. The number of hydrogen-bond donors (Lipinski definition) is 1. The SMILES string of the molecule is CCCCCCCCCC(O)CCCCCCOC1CCCCO1. The Morgan fingerprint density at radius 1 is 0.875 bits per heavy atom. The van der Waals surface area contributed by atoms with E-state index in [1.54, 1.807) is 0 Å². The van der Waals surface area contributed by atoms with Crippen molar-refractivity contribution >= 4 is 0 Å². The van der Waals surface area contributed by atoms with Crippen molar-refractivity contribution in [2.75, 3.05) is 13.2 Å². The summed E-state index contributed by atoms with van der Waals surface area (Å²) in [4.78, 5) is 0. The molecule has 0 spiro atoms. The monoisotopic (exact) mass is 342 g/mol. The zero-order valence-electron chi connectivity index (χ0n) is 16.1. The van der Waals surface area contributed by atoms with Crippen LogP contribution in [0.15, 0.2) is 0 Å². The number of rotatable bonds is 16.